The van der Waals surface area contributed by atoms with Crippen LogP contribution >= 0.6 is 0 Å². The Kier molecular flexibility index (Phi) is 15.8. The molecule has 1 N–H and O–H groups in total. The van der Waals surface area contributed by atoms with Crippen molar-refractivity contribution in [3.8, 4) is 67.3 Å². The largest absolute Gasteiger partial charge is 0.507 e. The molecule has 0 saturated carbocycles. The van der Waals surface area contributed by atoms with Crippen LogP contribution in [0.4, 0.5) is 0 Å². The molecule has 0 atom stereocenters. The summed E-state index contributed by atoms with van der Waals surface area (Å²) in [6, 6.07) is 53.6. The molecule has 9 rings (SSSR count). The molecule has 0 radical (unpaired) electrons. The number of aromatic nitrogens is 3. The second-order valence-corrected chi connectivity index (χ2v) is 27.9. The van der Waals surface area contributed by atoms with Crippen molar-refractivity contribution in [2.75, 3.05) is 0 Å². The monoisotopic (exact) mass is 1210 g/mol. The molecule has 78 heavy (non-hydrogen) atoms. The van der Waals surface area contributed by atoms with Gasteiger partial charge in [0, 0.05) is 43.9 Å². The van der Waals surface area contributed by atoms with Crippen LogP contribution in [0.5, 0.6) is 5.75 Å². The van der Waals surface area contributed by atoms with E-state index in [1.807, 2.05) is 18.3 Å². The third kappa shape index (κ3) is 11.6. The third-order valence-corrected chi connectivity index (χ3v) is 16.0. The molecule has 5 heteroatoms. The van der Waals surface area contributed by atoms with Crippen molar-refractivity contribution in [1.82, 2.24) is 14.5 Å². The van der Waals surface area contributed by atoms with Gasteiger partial charge < -0.3 is 5.11 Å². The summed E-state index contributed by atoms with van der Waals surface area (Å²) in [5.41, 5.74) is 20.1. The van der Waals surface area contributed by atoms with Crippen molar-refractivity contribution in [1.29, 1.82) is 0 Å². The van der Waals surface area contributed by atoms with Crippen molar-refractivity contribution in [3.05, 3.63) is 179 Å². The topological polar surface area (TPSA) is 50.9 Å². The number of imidazole rings is 1. The van der Waals surface area contributed by atoms with E-state index in [0.29, 0.717) is 23.2 Å². The molecule has 0 aliphatic rings. The number of pyridine rings is 1. The Hall–Kier alpha value is -6.09. The molecule has 0 spiro atoms. The van der Waals surface area contributed by atoms with E-state index in [1.54, 1.807) is 0 Å². The molecule has 2 aromatic heterocycles. The maximum absolute atomic E-state index is 12.0. The van der Waals surface area contributed by atoms with E-state index in [4.69, 9.17) is 9.97 Å². The number of nitrogens with zero attached hydrogens (tertiary/aromatic N) is 3. The molecule has 0 unspecified atom stereocenters. The molecule has 2 heterocycles. The summed E-state index contributed by atoms with van der Waals surface area (Å²) >= 11 is 0. The van der Waals surface area contributed by atoms with Gasteiger partial charge in [-0.3, -0.25) is 9.55 Å². The minimum atomic E-state index is -0.165. The third-order valence-electron chi connectivity index (χ3n) is 16.0. The fourth-order valence-electron chi connectivity index (χ4n) is 11.4. The molecule has 0 amide bonds. The number of fused-ring (bicyclic) bond motifs is 2. The van der Waals surface area contributed by atoms with E-state index in [9.17, 15) is 5.11 Å². The Morgan fingerprint density at radius 1 is 0.436 bits per heavy atom. The number of benzene rings is 7. The smallest absolute Gasteiger partial charge is 0.148 e. The van der Waals surface area contributed by atoms with Gasteiger partial charge in [0.15, 0.2) is 0 Å². The maximum Gasteiger partial charge on any atom is 0.148 e. The zero-order valence-electron chi connectivity index (χ0n) is 50.1. The van der Waals surface area contributed by atoms with Crippen LogP contribution in [0.25, 0.3) is 83.5 Å². The van der Waals surface area contributed by atoms with Crippen molar-refractivity contribution in [2.24, 2.45) is 11.8 Å². The number of hydrogen-bond acceptors (Lipinski definition) is 3. The molecule has 0 saturated heterocycles. The van der Waals surface area contributed by atoms with Gasteiger partial charge in [-0.05, 0) is 137 Å². The maximum atomic E-state index is 12.0. The fourth-order valence-corrected chi connectivity index (χ4v) is 11.4. The van der Waals surface area contributed by atoms with Crippen LogP contribution in [0.3, 0.4) is 0 Å². The minimum absolute atomic E-state index is 0. The van der Waals surface area contributed by atoms with Crippen LogP contribution in [0.15, 0.2) is 140 Å². The average Bonchev–Trinajstić information content (AvgIpc) is 3.94. The Morgan fingerprint density at radius 3 is 1.40 bits per heavy atom. The van der Waals surface area contributed by atoms with E-state index in [1.165, 1.54) is 38.9 Å². The van der Waals surface area contributed by atoms with Crippen LogP contribution < -0.4 is 0 Å². The van der Waals surface area contributed by atoms with E-state index in [0.717, 1.165) is 66.6 Å². The minimum Gasteiger partial charge on any atom is -0.507 e. The fraction of sp³-hybridized carbons (Fsp3) is 0.370. The van der Waals surface area contributed by atoms with Gasteiger partial charge in [-0.1, -0.05) is 222 Å². The second-order valence-electron chi connectivity index (χ2n) is 27.9. The quantitative estimate of drug-likeness (QED) is 0.147. The van der Waals surface area contributed by atoms with Gasteiger partial charge >= 0.3 is 0 Å². The van der Waals surface area contributed by atoms with Gasteiger partial charge in [-0.15, -0.1) is 34.9 Å². The van der Waals surface area contributed by atoms with E-state index >= 15 is 0 Å². The zero-order valence-corrected chi connectivity index (χ0v) is 52.4. The Bertz CT molecular complexity index is 3620. The Balaban J connectivity index is 0.00000803. The van der Waals surface area contributed by atoms with Crippen molar-refractivity contribution in [2.45, 2.75) is 165 Å². The zero-order chi connectivity index (χ0) is 55.9. The predicted molar refractivity (Wildman–Crippen MR) is 330 cm³/mol. The normalized spacial score (nSPS) is 12.8. The number of aromatic hydroxyl groups is 1. The second kappa shape index (κ2) is 21.2. The molecule has 9 aromatic rings. The summed E-state index contributed by atoms with van der Waals surface area (Å²) in [6.45, 7) is 43.4. The molecule has 0 aliphatic carbocycles. The first-order valence-corrected chi connectivity index (χ1v) is 28.1. The first-order chi connectivity index (χ1) is 35.9. The summed E-state index contributed by atoms with van der Waals surface area (Å²) in [5, 5.41) is 13.1. The van der Waals surface area contributed by atoms with Crippen LogP contribution in [0.1, 0.15) is 171 Å². The Morgan fingerprint density at radius 2 is 0.897 bits per heavy atom. The predicted octanol–water partition coefficient (Wildman–Crippen LogP) is 20.3. The molecule has 7 aromatic carbocycles. The van der Waals surface area contributed by atoms with Gasteiger partial charge in [0.05, 0.1) is 16.6 Å². The molecule has 0 fully saturated rings. The van der Waals surface area contributed by atoms with E-state index in [-0.39, 0.29) is 59.8 Å². The molecular weight excluding hydrogens is 1130 g/mol. The molecule has 0 bridgehead atoms. The first-order valence-electron chi connectivity index (χ1n) is 28.1. The van der Waals surface area contributed by atoms with E-state index in [2.05, 4.69) is 264 Å². The summed E-state index contributed by atoms with van der Waals surface area (Å²) in [7, 11) is 0. The van der Waals surface area contributed by atoms with E-state index < -0.39 is 0 Å². The molecule has 408 valence electrons. The summed E-state index contributed by atoms with van der Waals surface area (Å²) in [4.78, 5) is 11.0. The standard InChI is InChI=1S/C73H84N3O.Pt/c1-44(2)65(45(3)4)51-37-49(36-50(38-51)60-42-56(73(17,18)19)43-61-58(34-35-74-66(60)61)47-22-26-53(27-23-47)70(8,9)10)59-39-48(46-20-24-52(25-21-46)69(5,6)7)40-63-67(59)75-68(62-41-55(72(14,15)16)30-33-64(62)77)76(63)57-31-28-54(29-32-57)71(11,12)13;/h20-35,37-45,65,77H,1-19H3;/q-1;. The first kappa shape index (κ1) is 58.1. The average molecular weight is 1210 g/mol. The van der Waals surface area contributed by atoms with Crippen LogP contribution in [-0.2, 0) is 48.1 Å². The SMILES string of the molecule is CC(C)C(c1cc(-c2cc(C(C)(C)C)cc3c(-c4ccc(C(C)(C)C)cc4)ccnc23)[c-]c(-c2cc(-c3ccc(C(C)(C)C)cc3)cc3c2nc(-c2cc(C(C)(C)C)ccc2O)n3-c2ccc(C(C)(C)C)cc2)c1)C(C)C.[Pt]. The van der Waals surface area contributed by atoms with Crippen LogP contribution in [0.2, 0.25) is 0 Å². The van der Waals surface area contributed by atoms with Crippen LogP contribution in [0, 0.1) is 17.9 Å². The summed E-state index contributed by atoms with van der Waals surface area (Å²) in [5.74, 6) is 1.85. The number of phenols is 1. The van der Waals surface area contributed by atoms with Crippen molar-refractivity contribution in [3.63, 3.8) is 0 Å². The van der Waals surface area contributed by atoms with Gasteiger partial charge in [0.1, 0.15) is 11.6 Å². The van der Waals surface area contributed by atoms with Crippen molar-refractivity contribution < 1.29 is 26.2 Å². The van der Waals surface area contributed by atoms with Gasteiger partial charge in [0.2, 0.25) is 0 Å². The number of hydrogen-bond donors (Lipinski definition) is 1. The summed E-state index contributed by atoms with van der Waals surface area (Å²) in [6.07, 6.45) is 1.98. The van der Waals surface area contributed by atoms with Crippen molar-refractivity contribution >= 4 is 21.9 Å². The Labute approximate surface area is 482 Å². The van der Waals surface area contributed by atoms with Crippen LogP contribution in [-0.4, -0.2) is 19.6 Å². The molecule has 0 aliphatic heterocycles. The summed E-state index contributed by atoms with van der Waals surface area (Å²) < 4.78 is 2.27. The molecule has 4 nitrogen and oxygen atoms in total. The van der Waals surface area contributed by atoms with Gasteiger partial charge in [-0.2, -0.15) is 0 Å². The number of phenolic OH excluding ortho intramolecular Hbond substituents is 1. The molecular formula is C73H84N3OPt-. The van der Waals surface area contributed by atoms with Gasteiger partial charge in [-0.25, -0.2) is 4.98 Å². The number of rotatable bonds is 9. The van der Waals surface area contributed by atoms with Gasteiger partial charge in [0.25, 0.3) is 0 Å².